The summed E-state index contributed by atoms with van der Waals surface area (Å²) in [6, 6.07) is 3.16. The molecular formula is C27H36FN3O6. The van der Waals surface area contributed by atoms with Crippen molar-refractivity contribution in [3.8, 4) is 5.88 Å². The number of nitrogens with one attached hydrogen (secondary N) is 1. The van der Waals surface area contributed by atoms with E-state index in [-0.39, 0.29) is 24.4 Å². The normalized spacial score (nSPS) is 25.9. The van der Waals surface area contributed by atoms with Crippen molar-refractivity contribution in [3.63, 3.8) is 0 Å². The molecule has 0 unspecified atom stereocenters. The molecular weight excluding hydrogens is 481 g/mol. The zero-order chi connectivity index (χ0) is 26.8. The molecule has 9 nitrogen and oxygen atoms in total. The molecule has 0 spiro atoms. The summed E-state index contributed by atoms with van der Waals surface area (Å²) in [5, 5.41) is 2.96. The molecule has 202 valence electrons. The second-order valence-electron chi connectivity index (χ2n) is 10.8. The summed E-state index contributed by atoms with van der Waals surface area (Å²) in [6.07, 6.45) is 5.17. The Bertz CT molecular complexity index is 1150. The second kappa shape index (κ2) is 10.9. The lowest BCUT2D eigenvalue weighted by Gasteiger charge is -2.37. The van der Waals surface area contributed by atoms with E-state index in [0.717, 1.165) is 0 Å². The molecule has 0 saturated carbocycles. The van der Waals surface area contributed by atoms with Crippen molar-refractivity contribution in [1.82, 2.24) is 15.3 Å². The maximum Gasteiger partial charge on any atom is 0.407 e. The smallest absolute Gasteiger partial charge is 0.407 e. The molecule has 4 rings (SSSR count). The molecule has 2 aromatic heterocycles. The standard InChI is InChI=1S/C27H36FN3O6/c1-26(2,3)37-25(32)30-20-10-8-16(35-22(20)13-17-15-34-27(4,5)36-17)7-9-18-19(28)14-29-21-11-12-23(33-6)31-24(18)21/h7,9,11-12,14,16-17,20,22H,8,10,13,15H2,1-6H3,(H,30,32)/t16-,17-,20-,22+/m1/s1. The van der Waals surface area contributed by atoms with Gasteiger partial charge in [0.05, 0.1) is 49.8 Å². The van der Waals surface area contributed by atoms with E-state index in [1.807, 2.05) is 40.7 Å². The van der Waals surface area contributed by atoms with Crippen LogP contribution in [0.3, 0.4) is 0 Å². The molecule has 0 aliphatic carbocycles. The van der Waals surface area contributed by atoms with E-state index >= 15 is 0 Å². The maximum atomic E-state index is 14.7. The molecule has 2 aromatic rings. The van der Waals surface area contributed by atoms with Gasteiger partial charge in [0.1, 0.15) is 11.1 Å². The van der Waals surface area contributed by atoms with E-state index in [1.54, 1.807) is 18.2 Å². The number of pyridine rings is 2. The van der Waals surface area contributed by atoms with Crippen LogP contribution in [0, 0.1) is 5.82 Å². The molecule has 2 fully saturated rings. The maximum absolute atomic E-state index is 14.7. The van der Waals surface area contributed by atoms with Gasteiger partial charge in [-0.3, -0.25) is 4.98 Å². The molecule has 0 radical (unpaired) electrons. The van der Waals surface area contributed by atoms with E-state index in [9.17, 15) is 9.18 Å². The van der Waals surface area contributed by atoms with Crippen molar-refractivity contribution in [2.24, 2.45) is 0 Å². The number of hydrogen-bond acceptors (Lipinski definition) is 8. The molecule has 0 bridgehead atoms. The third-order valence-electron chi connectivity index (χ3n) is 6.19. The molecule has 2 aliphatic rings. The minimum absolute atomic E-state index is 0.177. The van der Waals surface area contributed by atoms with Crippen LogP contribution in [-0.4, -0.2) is 65.5 Å². The zero-order valence-corrected chi connectivity index (χ0v) is 22.2. The number of hydrogen-bond donors (Lipinski definition) is 1. The molecule has 0 aromatic carbocycles. The van der Waals surface area contributed by atoms with E-state index in [1.165, 1.54) is 13.3 Å². The number of halogens is 1. The largest absolute Gasteiger partial charge is 0.481 e. The molecule has 2 aliphatic heterocycles. The summed E-state index contributed by atoms with van der Waals surface area (Å²) < 4.78 is 43.5. The highest BCUT2D eigenvalue weighted by molar-refractivity contribution is 5.84. The van der Waals surface area contributed by atoms with Gasteiger partial charge in [-0.25, -0.2) is 14.2 Å². The first-order valence-corrected chi connectivity index (χ1v) is 12.6. The van der Waals surface area contributed by atoms with Gasteiger partial charge in [0, 0.05) is 18.1 Å². The van der Waals surface area contributed by atoms with Crippen LogP contribution in [0.5, 0.6) is 5.88 Å². The molecule has 4 heterocycles. The Hall–Kier alpha value is -2.82. The first-order valence-electron chi connectivity index (χ1n) is 12.6. The van der Waals surface area contributed by atoms with Crippen molar-refractivity contribution < 1.29 is 32.9 Å². The lowest BCUT2D eigenvalue weighted by atomic mass is 9.94. The number of aromatic nitrogens is 2. The Kier molecular flexibility index (Phi) is 8.01. The van der Waals surface area contributed by atoms with Gasteiger partial charge < -0.3 is 29.0 Å². The average molecular weight is 518 g/mol. The number of ether oxygens (including phenoxy) is 5. The van der Waals surface area contributed by atoms with Gasteiger partial charge in [0.25, 0.3) is 0 Å². The van der Waals surface area contributed by atoms with Gasteiger partial charge in [0.15, 0.2) is 11.6 Å². The van der Waals surface area contributed by atoms with Gasteiger partial charge in [-0.1, -0.05) is 12.2 Å². The highest BCUT2D eigenvalue weighted by atomic mass is 19.1. The summed E-state index contributed by atoms with van der Waals surface area (Å²) in [6.45, 7) is 9.64. The van der Waals surface area contributed by atoms with Crippen LogP contribution in [0.4, 0.5) is 9.18 Å². The topological polar surface area (TPSA) is 101 Å². The summed E-state index contributed by atoms with van der Waals surface area (Å²) in [5.41, 5.74) is 0.673. The summed E-state index contributed by atoms with van der Waals surface area (Å²) in [4.78, 5) is 21.0. The molecule has 1 N–H and O–H groups in total. The highest BCUT2D eigenvalue weighted by Gasteiger charge is 2.39. The summed E-state index contributed by atoms with van der Waals surface area (Å²) in [5.74, 6) is -0.776. The first-order chi connectivity index (χ1) is 17.4. The van der Waals surface area contributed by atoms with Crippen LogP contribution in [0.2, 0.25) is 0 Å². The van der Waals surface area contributed by atoms with E-state index < -0.39 is 23.3 Å². The van der Waals surface area contributed by atoms with Crippen molar-refractivity contribution in [2.45, 2.75) is 89.6 Å². The Labute approximate surface area is 216 Å². The van der Waals surface area contributed by atoms with Gasteiger partial charge in [-0.05, 0) is 53.5 Å². The van der Waals surface area contributed by atoms with Crippen LogP contribution in [0.1, 0.15) is 59.4 Å². The lowest BCUT2D eigenvalue weighted by molar-refractivity contribution is -0.146. The lowest BCUT2D eigenvalue weighted by Crippen LogP contribution is -2.51. The minimum Gasteiger partial charge on any atom is -0.481 e. The SMILES string of the molecule is COc1ccc2ncc(F)c(C=C[C@@H]3CC[C@@H](NC(=O)OC(C)(C)C)[C@H](C[C@@H]4COC(C)(C)O4)O3)c2n1. The summed E-state index contributed by atoms with van der Waals surface area (Å²) >= 11 is 0. The first kappa shape index (κ1) is 27.2. The van der Waals surface area contributed by atoms with Crippen molar-refractivity contribution in [2.75, 3.05) is 13.7 Å². The van der Waals surface area contributed by atoms with Crippen LogP contribution >= 0.6 is 0 Å². The Balaban J connectivity index is 1.51. The third kappa shape index (κ3) is 7.15. The Morgan fingerprint density at radius 1 is 1.30 bits per heavy atom. The number of carbonyl (C=O) groups excluding carboxylic acids is 1. The van der Waals surface area contributed by atoms with Gasteiger partial charge in [-0.15, -0.1) is 0 Å². The number of methoxy groups -OCH3 is 1. The van der Waals surface area contributed by atoms with E-state index in [4.69, 9.17) is 23.7 Å². The van der Waals surface area contributed by atoms with Gasteiger partial charge in [-0.2, -0.15) is 0 Å². The van der Waals surface area contributed by atoms with Crippen molar-refractivity contribution in [1.29, 1.82) is 0 Å². The number of fused-ring (bicyclic) bond motifs is 1. The predicted octanol–water partition coefficient (Wildman–Crippen LogP) is 4.77. The monoisotopic (exact) mass is 517 g/mol. The highest BCUT2D eigenvalue weighted by Crippen LogP contribution is 2.31. The van der Waals surface area contributed by atoms with Crippen LogP contribution in [0.15, 0.2) is 24.4 Å². The third-order valence-corrected chi connectivity index (χ3v) is 6.19. The molecule has 10 heteroatoms. The molecule has 4 atom stereocenters. The van der Waals surface area contributed by atoms with Gasteiger partial charge >= 0.3 is 6.09 Å². The zero-order valence-electron chi connectivity index (χ0n) is 22.2. The van der Waals surface area contributed by atoms with Crippen LogP contribution < -0.4 is 10.1 Å². The summed E-state index contributed by atoms with van der Waals surface area (Å²) in [7, 11) is 1.51. The Morgan fingerprint density at radius 3 is 2.76 bits per heavy atom. The average Bonchev–Trinajstić information content (AvgIpc) is 3.16. The quantitative estimate of drug-likeness (QED) is 0.585. The molecule has 1 amide bonds. The fourth-order valence-electron chi connectivity index (χ4n) is 4.56. The van der Waals surface area contributed by atoms with Crippen LogP contribution in [0.25, 0.3) is 17.1 Å². The molecule has 37 heavy (non-hydrogen) atoms. The molecule has 2 saturated heterocycles. The number of rotatable bonds is 6. The van der Waals surface area contributed by atoms with Gasteiger partial charge in [0.2, 0.25) is 5.88 Å². The fourth-order valence-corrected chi connectivity index (χ4v) is 4.56. The van der Waals surface area contributed by atoms with Crippen molar-refractivity contribution >= 4 is 23.2 Å². The second-order valence-corrected chi connectivity index (χ2v) is 10.8. The number of alkyl carbamates (subject to hydrolysis) is 1. The number of nitrogens with zero attached hydrogens (tertiary/aromatic N) is 2. The predicted molar refractivity (Wildman–Crippen MR) is 136 cm³/mol. The van der Waals surface area contributed by atoms with E-state index in [2.05, 4.69) is 15.3 Å². The minimum atomic E-state index is -0.666. The number of amides is 1. The van der Waals surface area contributed by atoms with E-state index in [0.29, 0.717) is 48.3 Å². The number of carbonyl (C=O) groups is 1. The van der Waals surface area contributed by atoms with Crippen LogP contribution in [-0.2, 0) is 18.9 Å². The van der Waals surface area contributed by atoms with Crippen molar-refractivity contribution in [3.05, 3.63) is 35.8 Å². The Morgan fingerprint density at radius 2 is 2.08 bits per heavy atom. The fraction of sp³-hybridized carbons (Fsp3) is 0.593.